The maximum atomic E-state index is 12.6. The van der Waals surface area contributed by atoms with E-state index in [2.05, 4.69) is 5.32 Å². The van der Waals surface area contributed by atoms with Gasteiger partial charge in [-0.2, -0.15) is 13.2 Å². The summed E-state index contributed by atoms with van der Waals surface area (Å²) in [6, 6.07) is 3.65. The highest BCUT2D eigenvalue weighted by molar-refractivity contribution is 5.89. The molecule has 0 heterocycles. The molecule has 104 valence electrons. The lowest BCUT2D eigenvalue weighted by atomic mass is 9.93. The topological polar surface area (TPSA) is 49.3 Å². The fourth-order valence-corrected chi connectivity index (χ4v) is 2.00. The van der Waals surface area contributed by atoms with Crippen molar-refractivity contribution in [3.8, 4) is 0 Å². The Balaban J connectivity index is 2.18. The SMILES string of the molecule is O=C(O)c1cc(CNC2CCC2)ccc1C(F)(F)F. The molecule has 19 heavy (non-hydrogen) atoms. The van der Waals surface area contributed by atoms with Crippen molar-refractivity contribution < 1.29 is 23.1 Å². The van der Waals surface area contributed by atoms with E-state index >= 15 is 0 Å². The van der Waals surface area contributed by atoms with Gasteiger partial charge < -0.3 is 10.4 Å². The fourth-order valence-electron chi connectivity index (χ4n) is 2.00. The largest absolute Gasteiger partial charge is 0.478 e. The van der Waals surface area contributed by atoms with E-state index in [1.165, 1.54) is 6.07 Å². The average molecular weight is 273 g/mol. The van der Waals surface area contributed by atoms with Crippen molar-refractivity contribution in [3.05, 3.63) is 34.9 Å². The minimum absolute atomic E-state index is 0.392. The Hall–Kier alpha value is -1.56. The summed E-state index contributed by atoms with van der Waals surface area (Å²) in [7, 11) is 0. The second-order valence-corrected chi connectivity index (χ2v) is 4.69. The van der Waals surface area contributed by atoms with Crippen LogP contribution in [-0.4, -0.2) is 17.1 Å². The molecule has 1 saturated carbocycles. The van der Waals surface area contributed by atoms with Crippen LogP contribution >= 0.6 is 0 Å². The van der Waals surface area contributed by atoms with Gasteiger partial charge in [-0.15, -0.1) is 0 Å². The van der Waals surface area contributed by atoms with Crippen LogP contribution in [0.1, 0.15) is 40.7 Å². The van der Waals surface area contributed by atoms with Gasteiger partial charge >= 0.3 is 12.1 Å². The van der Waals surface area contributed by atoms with Crippen LogP contribution in [0.2, 0.25) is 0 Å². The lowest BCUT2D eigenvalue weighted by Crippen LogP contribution is -2.34. The normalized spacial score (nSPS) is 16.2. The van der Waals surface area contributed by atoms with E-state index in [9.17, 15) is 18.0 Å². The second kappa shape index (κ2) is 5.21. The molecule has 1 fully saturated rings. The molecule has 0 radical (unpaired) electrons. The number of alkyl halides is 3. The standard InChI is InChI=1S/C13H14F3NO2/c14-13(15,16)11-5-4-8(6-10(11)12(18)19)7-17-9-2-1-3-9/h4-6,9,17H,1-3,7H2,(H,18,19). The molecule has 6 heteroatoms. The van der Waals surface area contributed by atoms with Gasteiger partial charge in [-0.05, 0) is 30.5 Å². The van der Waals surface area contributed by atoms with Crippen LogP contribution < -0.4 is 5.32 Å². The number of carboxylic acids is 1. The number of carbonyl (C=O) groups is 1. The first-order chi connectivity index (χ1) is 8.88. The summed E-state index contributed by atoms with van der Waals surface area (Å²) in [6.45, 7) is 0.392. The minimum Gasteiger partial charge on any atom is -0.478 e. The third-order valence-electron chi connectivity index (χ3n) is 3.32. The van der Waals surface area contributed by atoms with Crippen molar-refractivity contribution >= 4 is 5.97 Å². The minimum atomic E-state index is -4.65. The van der Waals surface area contributed by atoms with Crippen LogP contribution in [0.25, 0.3) is 0 Å². The zero-order valence-corrected chi connectivity index (χ0v) is 10.1. The van der Waals surface area contributed by atoms with Gasteiger partial charge in [0.05, 0.1) is 11.1 Å². The first-order valence-corrected chi connectivity index (χ1v) is 6.04. The van der Waals surface area contributed by atoms with Gasteiger partial charge in [-0.25, -0.2) is 4.79 Å². The van der Waals surface area contributed by atoms with Crippen LogP contribution in [0.3, 0.4) is 0 Å². The van der Waals surface area contributed by atoms with Crippen LogP contribution in [0.5, 0.6) is 0 Å². The molecule has 2 rings (SSSR count). The summed E-state index contributed by atoms with van der Waals surface area (Å²) in [5, 5.41) is 12.1. The number of hydrogen-bond acceptors (Lipinski definition) is 2. The fraction of sp³-hybridized carbons (Fsp3) is 0.462. The predicted octanol–water partition coefficient (Wildman–Crippen LogP) is 3.05. The predicted molar refractivity (Wildman–Crippen MR) is 62.9 cm³/mol. The third-order valence-corrected chi connectivity index (χ3v) is 3.32. The van der Waals surface area contributed by atoms with Crippen LogP contribution in [0.4, 0.5) is 13.2 Å². The number of carboxylic acid groups (broad SMARTS) is 1. The number of aromatic carboxylic acids is 1. The van der Waals surface area contributed by atoms with E-state index in [0.29, 0.717) is 18.2 Å². The molecule has 1 aliphatic rings. The molecule has 2 N–H and O–H groups in total. The molecular weight excluding hydrogens is 259 g/mol. The molecule has 3 nitrogen and oxygen atoms in total. The lowest BCUT2D eigenvalue weighted by molar-refractivity contribution is -0.138. The molecule has 1 aromatic carbocycles. The van der Waals surface area contributed by atoms with Crippen molar-refractivity contribution in [1.29, 1.82) is 0 Å². The molecule has 0 atom stereocenters. The lowest BCUT2D eigenvalue weighted by Gasteiger charge is -2.26. The molecule has 0 aromatic heterocycles. The molecular formula is C13H14F3NO2. The monoisotopic (exact) mass is 273 g/mol. The van der Waals surface area contributed by atoms with Crippen LogP contribution in [0.15, 0.2) is 18.2 Å². The molecule has 0 amide bonds. The van der Waals surface area contributed by atoms with Crippen LogP contribution in [0, 0.1) is 0 Å². The highest BCUT2D eigenvalue weighted by Crippen LogP contribution is 2.32. The Morgan fingerprint density at radius 3 is 2.53 bits per heavy atom. The van der Waals surface area contributed by atoms with Gasteiger partial charge in [0, 0.05) is 12.6 Å². The Labute approximate surface area is 108 Å². The van der Waals surface area contributed by atoms with Gasteiger partial charge in [0.15, 0.2) is 0 Å². The molecule has 0 spiro atoms. The molecule has 0 bridgehead atoms. The number of nitrogens with one attached hydrogen (secondary N) is 1. The van der Waals surface area contributed by atoms with E-state index in [-0.39, 0.29) is 0 Å². The highest BCUT2D eigenvalue weighted by atomic mass is 19.4. The van der Waals surface area contributed by atoms with Gasteiger partial charge in [0.1, 0.15) is 0 Å². The zero-order chi connectivity index (χ0) is 14.0. The van der Waals surface area contributed by atoms with Gasteiger partial charge in [0.2, 0.25) is 0 Å². The summed E-state index contributed by atoms with van der Waals surface area (Å²) in [5.41, 5.74) is -1.25. The number of halogens is 3. The van der Waals surface area contributed by atoms with Crippen molar-refractivity contribution in [2.75, 3.05) is 0 Å². The van der Waals surface area contributed by atoms with Crippen molar-refractivity contribution in [1.82, 2.24) is 5.32 Å². The second-order valence-electron chi connectivity index (χ2n) is 4.69. The molecule has 0 unspecified atom stereocenters. The summed E-state index contributed by atoms with van der Waals surface area (Å²) in [6.07, 6.45) is -1.36. The van der Waals surface area contributed by atoms with Crippen molar-refractivity contribution in [3.63, 3.8) is 0 Å². The maximum Gasteiger partial charge on any atom is 0.417 e. The number of hydrogen-bond donors (Lipinski definition) is 2. The Morgan fingerprint density at radius 1 is 1.37 bits per heavy atom. The van der Waals surface area contributed by atoms with Crippen molar-refractivity contribution in [2.24, 2.45) is 0 Å². The Kier molecular flexibility index (Phi) is 3.80. The zero-order valence-electron chi connectivity index (χ0n) is 10.1. The number of benzene rings is 1. The van der Waals surface area contributed by atoms with E-state index in [0.717, 1.165) is 31.4 Å². The van der Waals surface area contributed by atoms with E-state index in [4.69, 9.17) is 5.11 Å². The number of rotatable bonds is 4. The smallest absolute Gasteiger partial charge is 0.417 e. The maximum absolute atomic E-state index is 12.6. The summed E-state index contributed by atoms with van der Waals surface area (Å²) >= 11 is 0. The average Bonchev–Trinajstić information content (AvgIpc) is 2.25. The first kappa shape index (κ1) is 13.9. The van der Waals surface area contributed by atoms with E-state index < -0.39 is 23.3 Å². The van der Waals surface area contributed by atoms with E-state index in [1.54, 1.807) is 0 Å². The third kappa shape index (κ3) is 3.26. The van der Waals surface area contributed by atoms with Gasteiger partial charge in [0.25, 0.3) is 0 Å². The summed E-state index contributed by atoms with van der Waals surface area (Å²) < 4.78 is 37.9. The Bertz CT molecular complexity index is 481. The van der Waals surface area contributed by atoms with Gasteiger partial charge in [-0.1, -0.05) is 12.5 Å². The first-order valence-electron chi connectivity index (χ1n) is 6.04. The summed E-state index contributed by atoms with van der Waals surface area (Å²) in [4.78, 5) is 10.9. The quantitative estimate of drug-likeness (QED) is 0.886. The molecule has 0 aliphatic heterocycles. The van der Waals surface area contributed by atoms with Gasteiger partial charge in [-0.3, -0.25) is 0 Å². The summed E-state index contributed by atoms with van der Waals surface area (Å²) in [5.74, 6) is -1.56. The Morgan fingerprint density at radius 2 is 2.05 bits per heavy atom. The van der Waals surface area contributed by atoms with E-state index in [1.807, 2.05) is 0 Å². The molecule has 0 saturated heterocycles. The van der Waals surface area contributed by atoms with Crippen LogP contribution in [-0.2, 0) is 12.7 Å². The molecule has 1 aromatic rings. The highest BCUT2D eigenvalue weighted by Gasteiger charge is 2.35. The molecule has 1 aliphatic carbocycles. The van der Waals surface area contributed by atoms with Crippen molar-refractivity contribution in [2.45, 2.75) is 38.0 Å².